The summed E-state index contributed by atoms with van der Waals surface area (Å²) in [6, 6.07) is 5.56. The molecule has 5 heteroatoms. The van der Waals surface area contributed by atoms with Crippen LogP contribution in [-0.2, 0) is 12.8 Å². The second-order valence-electron chi connectivity index (χ2n) is 4.71. The fraction of sp³-hybridized carbons (Fsp3) is 0.267. The molecule has 1 N–H and O–H groups in total. The van der Waals surface area contributed by atoms with E-state index in [1.807, 2.05) is 23.6 Å². The Kier molecular flexibility index (Phi) is 3.87. The minimum atomic E-state index is -0.128. The Morgan fingerprint density at radius 1 is 1.35 bits per heavy atom. The van der Waals surface area contributed by atoms with E-state index in [9.17, 15) is 4.79 Å². The molecule has 0 bridgehead atoms. The van der Waals surface area contributed by atoms with E-state index in [2.05, 4.69) is 15.5 Å². The Balaban J connectivity index is 1.68. The van der Waals surface area contributed by atoms with E-state index in [0.717, 1.165) is 24.1 Å². The first-order valence-corrected chi connectivity index (χ1v) is 7.56. The molecule has 2 heterocycles. The molecule has 0 spiro atoms. The number of carbonyl (C=O) groups is 1. The molecule has 4 nitrogen and oxygen atoms in total. The van der Waals surface area contributed by atoms with Crippen LogP contribution in [-0.4, -0.2) is 17.1 Å². The number of hydrazone groups is 1. The molecule has 0 aliphatic heterocycles. The van der Waals surface area contributed by atoms with Crippen LogP contribution in [0.15, 0.2) is 34.9 Å². The molecule has 0 aromatic carbocycles. The summed E-state index contributed by atoms with van der Waals surface area (Å²) in [6.07, 6.45) is 7.75. The first-order chi connectivity index (χ1) is 9.84. The number of thiophene rings is 1. The first-order valence-electron chi connectivity index (χ1n) is 6.68. The highest BCUT2D eigenvalue weighted by atomic mass is 32.1. The second-order valence-corrected chi connectivity index (χ2v) is 5.68. The zero-order chi connectivity index (χ0) is 13.8. The van der Waals surface area contributed by atoms with Crippen molar-refractivity contribution in [2.45, 2.75) is 25.7 Å². The van der Waals surface area contributed by atoms with Gasteiger partial charge in [0.05, 0.1) is 17.5 Å². The molecule has 0 saturated heterocycles. The smallest absolute Gasteiger partial charge is 0.267 e. The van der Waals surface area contributed by atoms with Crippen LogP contribution in [0.1, 0.15) is 39.3 Å². The Hall–Kier alpha value is -2.01. The summed E-state index contributed by atoms with van der Waals surface area (Å²) in [5.74, 6) is -0.128. The number of rotatable bonds is 3. The first kappa shape index (κ1) is 13.0. The summed E-state index contributed by atoms with van der Waals surface area (Å²) in [6.45, 7) is 0. The van der Waals surface area contributed by atoms with Gasteiger partial charge in [-0.2, -0.15) is 5.10 Å². The molecular weight excluding hydrogens is 270 g/mol. The zero-order valence-electron chi connectivity index (χ0n) is 11.0. The molecule has 1 aliphatic rings. The molecule has 102 valence electrons. The van der Waals surface area contributed by atoms with Crippen molar-refractivity contribution >= 4 is 23.5 Å². The third-order valence-electron chi connectivity index (χ3n) is 3.36. The second kappa shape index (κ2) is 5.96. The van der Waals surface area contributed by atoms with Gasteiger partial charge in [0.1, 0.15) is 0 Å². The van der Waals surface area contributed by atoms with Crippen molar-refractivity contribution in [3.8, 4) is 0 Å². The van der Waals surface area contributed by atoms with E-state index in [1.54, 1.807) is 23.7 Å². The van der Waals surface area contributed by atoms with Crippen molar-refractivity contribution in [1.29, 1.82) is 0 Å². The lowest BCUT2D eigenvalue weighted by Gasteiger charge is -2.11. The maximum absolute atomic E-state index is 12.1. The van der Waals surface area contributed by atoms with Gasteiger partial charge < -0.3 is 0 Å². The highest BCUT2D eigenvalue weighted by molar-refractivity contribution is 7.10. The highest BCUT2D eigenvalue weighted by Gasteiger charge is 2.19. The molecule has 0 fully saturated rings. The Morgan fingerprint density at radius 3 is 3.10 bits per heavy atom. The SMILES string of the molecule is O=C(N/N=C\c1ccccn1)c1csc2c1CCCC2. The lowest BCUT2D eigenvalue weighted by atomic mass is 9.96. The lowest BCUT2D eigenvalue weighted by molar-refractivity contribution is 0.0954. The van der Waals surface area contributed by atoms with Gasteiger partial charge in [0.2, 0.25) is 0 Å². The van der Waals surface area contributed by atoms with E-state index < -0.39 is 0 Å². The topological polar surface area (TPSA) is 54.4 Å². The molecular formula is C15H15N3OS. The van der Waals surface area contributed by atoms with Crippen molar-refractivity contribution in [3.63, 3.8) is 0 Å². The van der Waals surface area contributed by atoms with Crippen molar-refractivity contribution in [2.24, 2.45) is 5.10 Å². The average molecular weight is 285 g/mol. The summed E-state index contributed by atoms with van der Waals surface area (Å²) in [5, 5.41) is 5.91. The van der Waals surface area contributed by atoms with Crippen LogP contribution in [0.3, 0.4) is 0 Å². The van der Waals surface area contributed by atoms with Crippen LogP contribution < -0.4 is 5.43 Å². The van der Waals surface area contributed by atoms with Gasteiger partial charge in [0, 0.05) is 16.5 Å². The third kappa shape index (κ3) is 2.77. The van der Waals surface area contributed by atoms with E-state index in [-0.39, 0.29) is 5.91 Å². The maximum atomic E-state index is 12.1. The van der Waals surface area contributed by atoms with Gasteiger partial charge in [-0.05, 0) is 43.4 Å². The van der Waals surface area contributed by atoms with Crippen molar-refractivity contribution in [2.75, 3.05) is 0 Å². The minimum absolute atomic E-state index is 0.128. The Morgan fingerprint density at radius 2 is 2.25 bits per heavy atom. The van der Waals surface area contributed by atoms with Gasteiger partial charge in [0.25, 0.3) is 5.91 Å². The number of nitrogens with zero attached hydrogens (tertiary/aromatic N) is 2. The van der Waals surface area contributed by atoms with E-state index in [1.165, 1.54) is 23.3 Å². The highest BCUT2D eigenvalue weighted by Crippen LogP contribution is 2.30. The molecule has 1 aliphatic carbocycles. The quantitative estimate of drug-likeness (QED) is 0.696. The van der Waals surface area contributed by atoms with Crippen LogP contribution in [0.2, 0.25) is 0 Å². The number of aryl methyl sites for hydroxylation is 1. The summed E-state index contributed by atoms with van der Waals surface area (Å²) in [4.78, 5) is 17.6. The number of aromatic nitrogens is 1. The number of carbonyl (C=O) groups excluding carboxylic acids is 1. The molecule has 2 aromatic rings. The average Bonchev–Trinajstić information content (AvgIpc) is 2.92. The van der Waals surface area contributed by atoms with Crippen molar-refractivity contribution in [1.82, 2.24) is 10.4 Å². The van der Waals surface area contributed by atoms with E-state index in [0.29, 0.717) is 0 Å². The van der Waals surface area contributed by atoms with Crippen molar-refractivity contribution < 1.29 is 4.79 Å². The molecule has 0 atom stereocenters. The standard InChI is InChI=1S/C15H15N3OS/c19-15(18-17-9-11-5-3-4-8-16-11)13-10-20-14-7-2-1-6-12(13)14/h3-5,8-10H,1-2,6-7H2,(H,18,19)/b17-9-. The maximum Gasteiger partial charge on any atom is 0.272 e. The molecule has 0 unspecified atom stereocenters. The van der Waals surface area contributed by atoms with Gasteiger partial charge >= 0.3 is 0 Å². The van der Waals surface area contributed by atoms with Crippen LogP contribution >= 0.6 is 11.3 Å². The van der Waals surface area contributed by atoms with E-state index >= 15 is 0 Å². The molecule has 3 rings (SSSR count). The lowest BCUT2D eigenvalue weighted by Crippen LogP contribution is -2.19. The van der Waals surface area contributed by atoms with Gasteiger partial charge in [-0.3, -0.25) is 9.78 Å². The van der Waals surface area contributed by atoms with Crippen LogP contribution in [0.4, 0.5) is 0 Å². The van der Waals surface area contributed by atoms with E-state index in [4.69, 9.17) is 0 Å². The summed E-state index contributed by atoms with van der Waals surface area (Å²) >= 11 is 1.69. The molecule has 0 saturated carbocycles. The fourth-order valence-corrected chi connectivity index (χ4v) is 3.48. The fourth-order valence-electron chi connectivity index (χ4n) is 2.35. The number of hydrogen-bond donors (Lipinski definition) is 1. The predicted octanol–water partition coefficient (Wildman–Crippen LogP) is 2.79. The Bertz CT molecular complexity index is 634. The Labute approximate surface area is 121 Å². The molecule has 20 heavy (non-hydrogen) atoms. The van der Waals surface area contributed by atoms with Gasteiger partial charge in [-0.25, -0.2) is 5.43 Å². The monoisotopic (exact) mass is 285 g/mol. The zero-order valence-corrected chi connectivity index (χ0v) is 11.8. The van der Waals surface area contributed by atoms with Gasteiger partial charge in [-0.1, -0.05) is 6.07 Å². The number of pyridine rings is 1. The molecule has 2 aromatic heterocycles. The third-order valence-corrected chi connectivity index (χ3v) is 4.45. The van der Waals surface area contributed by atoms with Gasteiger partial charge in [-0.15, -0.1) is 11.3 Å². The number of hydrogen-bond acceptors (Lipinski definition) is 4. The number of fused-ring (bicyclic) bond motifs is 1. The van der Waals surface area contributed by atoms with Crippen LogP contribution in [0.5, 0.6) is 0 Å². The molecule has 1 amide bonds. The normalized spacial score (nSPS) is 14.2. The predicted molar refractivity (Wildman–Crippen MR) is 80.3 cm³/mol. The number of nitrogens with one attached hydrogen (secondary N) is 1. The summed E-state index contributed by atoms with van der Waals surface area (Å²) in [5.41, 5.74) is 5.30. The minimum Gasteiger partial charge on any atom is -0.267 e. The van der Waals surface area contributed by atoms with Crippen LogP contribution in [0, 0.1) is 0 Å². The number of amides is 1. The van der Waals surface area contributed by atoms with Crippen LogP contribution in [0.25, 0.3) is 0 Å². The van der Waals surface area contributed by atoms with Gasteiger partial charge in [0.15, 0.2) is 0 Å². The van der Waals surface area contributed by atoms with Crippen molar-refractivity contribution in [3.05, 3.63) is 51.5 Å². The summed E-state index contributed by atoms with van der Waals surface area (Å²) < 4.78 is 0. The summed E-state index contributed by atoms with van der Waals surface area (Å²) in [7, 11) is 0. The largest absolute Gasteiger partial charge is 0.272 e. The molecule has 0 radical (unpaired) electrons.